The normalized spacial score (nSPS) is 20.4. The van der Waals surface area contributed by atoms with E-state index in [-0.39, 0.29) is 17.5 Å². The van der Waals surface area contributed by atoms with Crippen LogP contribution < -0.4 is 10.9 Å². The zero-order chi connectivity index (χ0) is 16.0. The van der Waals surface area contributed by atoms with E-state index in [2.05, 4.69) is 25.4 Å². The molecule has 0 radical (unpaired) electrons. The van der Waals surface area contributed by atoms with E-state index in [1.807, 2.05) is 6.92 Å². The Kier molecular flexibility index (Phi) is 3.03. The first-order valence-electron chi connectivity index (χ1n) is 7.49. The van der Waals surface area contributed by atoms with Crippen molar-refractivity contribution in [2.24, 2.45) is 0 Å². The van der Waals surface area contributed by atoms with Gasteiger partial charge in [-0.25, -0.2) is 9.50 Å². The van der Waals surface area contributed by atoms with E-state index in [1.54, 1.807) is 18.5 Å². The molecule has 8 nitrogen and oxygen atoms in total. The fourth-order valence-corrected chi connectivity index (χ4v) is 2.96. The molecule has 1 aliphatic carbocycles. The summed E-state index contributed by atoms with van der Waals surface area (Å²) in [6.45, 7) is 1.83. The van der Waals surface area contributed by atoms with Crippen LogP contribution >= 0.6 is 0 Å². The topological polar surface area (TPSA) is 108 Å². The number of H-pyrrole nitrogens is 2. The van der Waals surface area contributed by atoms with Crippen LogP contribution in [0, 0.1) is 6.92 Å². The van der Waals surface area contributed by atoms with Crippen LogP contribution in [0.25, 0.3) is 5.65 Å². The average Bonchev–Trinajstić information content (AvgIpc) is 3.09. The van der Waals surface area contributed by atoms with Gasteiger partial charge in [0.15, 0.2) is 0 Å². The number of aryl methyl sites for hydroxylation is 1. The van der Waals surface area contributed by atoms with Crippen LogP contribution in [-0.2, 0) is 0 Å². The highest BCUT2D eigenvalue weighted by Crippen LogP contribution is 2.34. The zero-order valence-electron chi connectivity index (χ0n) is 12.5. The molecule has 0 unspecified atom stereocenters. The SMILES string of the molecule is Cc1cc2[nH]c(=O)c(C(=O)NC3CC(c4ncc[nH]4)C3)cn2n1. The van der Waals surface area contributed by atoms with Gasteiger partial charge in [0, 0.05) is 36.6 Å². The monoisotopic (exact) mass is 312 g/mol. The van der Waals surface area contributed by atoms with Crippen LogP contribution in [0.2, 0.25) is 0 Å². The number of aromatic amines is 2. The fraction of sp³-hybridized carbons (Fsp3) is 0.333. The standard InChI is InChI=1S/C15H16N6O2/c1-8-4-12-19-15(23)11(7-21(12)20-8)14(22)18-10-5-9(6-10)13-16-2-3-17-13/h2-4,7,9-10H,5-6H2,1H3,(H,16,17)(H,18,22)(H,19,23). The Morgan fingerprint density at radius 2 is 2.26 bits per heavy atom. The second kappa shape index (κ2) is 5.08. The van der Waals surface area contributed by atoms with Crippen molar-refractivity contribution >= 4 is 11.6 Å². The van der Waals surface area contributed by atoms with Gasteiger partial charge in [0.05, 0.1) is 5.69 Å². The maximum atomic E-state index is 12.3. The first-order valence-corrected chi connectivity index (χ1v) is 7.49. The summed E-state index contributed by atoms with van der Waals surface area (Å²) in [5, 5.41) is 7.11. The number of nitrogens with one attached hydrogen (secondary N) is 3. The number of hydrogen-bond acceptors (Lipinski definition) is 4. The maximum Gasteiger partial charge on any atom is 0.263 e. The van der Waals surface area contributed by atoms with Gasteiger partial charge in [-0.2, -0.15) is 5.10 Å². The highest BCUT2D eigenvalue weighted by Gasteiger charge is 2.33. The molecule has 118 valence electrons. The molecule has 8 heteroatoms. The molecule has 0 aliphatic heterocycles. The van der Waals surface area contributed by atoms with Crippen molar-refractivity contribution in [3.63, 3.8) is 0 Å². The van der Waals surface area contributed by atoms with Crippen LogP contribution in [0.5, 0.6) is 0 Å². The summed E-state index contributed by atoms with van der Waals surface area (Å²) in [4.78, 5) is 34.3. The third-order valence-corrected chi connectivity index (χ3v) is 4.22. The molecule has 3 aromatic rings. The van der Waals surface area contributed by atoms with Crippen molar-refractivity contribution in [3.8, 4) is 0 Å². The summed E-state index contributed by atoms with van der Waals surface area (Å²) in [7, 11) is 0. The third-order valence-electron chi connectivity index (χ3n) is 4.22. The Hall–Kier alpha value is -2.90. The van der Waals surface area contributed by atoms with E-state index in [9.17, 15) is 9.59 Å². The van der Waals surface area contributed by atoms with Crippen molar-refractivity contribution < 1.29 is 4.79 Å². The van der Waals surface area contributed by atoms with E-state index in [0.717, 1.165) is 24.4 Å². The minimum absolute atomic E-state index is 0.0621. The minimum atomic E-state index is -0.406. The number of imidazole rings is 1. The van der Waals surface area contributed by atoms with Gasteiger partial charge in [0.1, 0.15) is 17.0 Å². The number of fused-ring (bicyclic) bond motifs is 1. The number of rotatable bonds is 3. The number of carbonyl (C=O) groups excluding carboxylic acids is 1. The van der Waals surface area contributed by atoms with Gasteiger partial charge in [-0.1, -0.05) is 0 Å². The Morgan fingerprint density at radius 1 is 1.43 bits per heavy atom. The van der Waals surface area contributed by atoms with Crippen molar-refractivity contribution in [2.45, 2.75) is 31.7 Å². The van der Waals surface area contributed by atoms with E-state index in [1.165, 1.54) is 10.7 Å². The Morgan fingerprint density at radius 3 is 3.00 bits per heavy atom. The predicted octanol–water partition coefficient (Wildman–Crippen LogP) is 0.730. The first-order chi connectivity index (χ1) is 11.1. The van der Waals surface area contributed by atoms with Crippen molar-refractivity contribution in [3.05, 3.63) is 52.1 Å². The van der Waals surface area contributed by atoms with E-state index in [0.29, 0.717) is 11.6 Å². The molecular formula is C15H16N6O2. The quantitative estimate of drug-likeness (QED) is 0.662. The lowest BCUT2D eigenvalue weighted by molar-refractivity contribution is 0.0905. The Balaban J connectivity index is 1.47. The van der Waals surface area contributed by atoms with E-state index < -0.39 is 5.56 Å². The summed E-state index contributed by atoms with van der Waals surface area (Å²) in [5.74, 6) is 0.913. The molecule has 3 N–H and O–H groups in total. The van der Waals surface area contributed by atoms with Gasteiger partial charge < -0.3 is 15.3 Å². The lowest BCUT2D eigenvalue weighted by Gasteiger charge is -2.34. The molecule has 23 heavy (non-hydrogen) atoms. The van der Waals surface area contributed by atoms with Crippen LogP contribution in [0.15, 0.2) is 29.5 Å². The number of amides is 1. The average molecular weight is 312 g/mol. The van der Waals surface area contributed by atoms with Crippen molar-refractivity contribution in [2.75, 3.05) is 0 Å². The second-order valence-corrected chi connectivity index (χ2v) is 5.93. The Bertz CT molecular complexity index is 917. The minimum Gasteiger partial charge on any atom is -0.349 e. The van der Waals surface area contributed by atoms with Gasteiger partial charge in [0.25, 0.3) is 11.5 Å². The maximum absolute atomic E-state index is 12.3. The van der Waals surface area contributed by atoms with Gasteiger partial charge >= 0.3 is 0 Å². The predicted molar refractivity (Wildman–Crippen MR) is 82.4 cm³/mol. The lowest BCUT2D eigenvalue weighted by atomic mass is 9.79. The van der Waals surface area contributed by atoms with E-state index in [4.69, 9.17) is 0 Å². The molecule has 1 fully saturated rings. The highest BCUT2D eigenvalue weighted by atomic mass is 16.2. The molecule has 3 heterocycles. The Labute approximate surface area is 130 Å². The molecule has 0 atom stereocenters. The summed E-state index contributed by atoms with van der Waals surface area (Å²) in [6.07, 6.45) is 6.63. The lowest BCUT2D eigenvalue weighted by Crippen LogP contribution is -2.45. The van der Waals surface area contributed by atoms with Crippen molar-refractivity contribution in [1.82, 2.24) is 29.9 Å². The summed E-state index contributed by atoms with van der Waals surface area (Å²) in [6, 6.07) is 1.82. The van der Waals surface area contributed by atoms with Gasteiger partial charge in [-0.15, -0.1) is 0 Å². The summed E-state index contributed by atoms with van der Waals surface area (Å²) < 4.78 is 1.51. The molecular weight excluding hydrogens is 296 g/mol. The molecule has 3 aromatic heterocycles. The summed E-state index contributed by atoms with van der Waals surface area (Å²) >= 11 is 0. The molecule has 1 amide bonds. The van der Waals surface area contributed by atoms with Crippen LogP contribution in [-0.4, -0.2) is 36.5 Å². The number of hydrogen-bond donors (Lipinski definition) is 3. The van der Waals surface area contributed by atoms with Crippen LogP contribution in [0.1, 0.15) is 40.6 Å². The van der Waals surface area contributed by atoms with E-state index >= 15 is 0 Å². The first kappa shape index (κ1) is 13.7. The second-order valence-electron chi connectivity index (χ2n) is 5.93. The third kappa shape index (κ3) is 2.41. The molecule has 1 aliphatic rings. The zero-order valence-corrected chi connectivity index (χ0v) is 12.5. The number of aromatic nitrogens is 5. The number of carbonyl (C=O) groups is 1. The molecule has 1 saturated carbocycles. The number of nitrogens with zero attached hydrogens (tertiary/aromatic N) is 3. The molecule has 4 rings (SSSR count). The van der Waals surface area contributed by atoms with Gasteiger partial charge in [0.2, 0.25) is 0 Å². The van der Waals surface area contributed by atoms with Crippen molar-refractivity contribution in [1.29, 1.82) is 0 Å². The van der Waals surface area contributed by atoms with Gasteiger partial charge in [-0.3, -0.25) is 9.59 Å². The molecule has 0 saturated heterocycles. The summed E-state index contributed by atoms with van der Waals surface area (Å²) in [5.41, 5.74) is 1.02. The van der Waals surface area contributed by atoms with Gasteiger partial charge in [-0.05, 0) is 19.8 Å². The molecule has 0 bridgehead atoms. The van der Waals surface area contributed by atoms with Crippen LogP contribution in [0.3, 0.4) is 0 Å². The largest absolute Gasteiger partial charge is 0.349 e. The highest BCUT2D eigenvalue weighted by molar-refractivity contribution is 5.94. The fourth-order valence-electron chi connectivity index (χ4n) is 2.96. The van der Waals surface area contributed by atoms with Crippen LogP contribution in [0.4, 0.5) is 0 Å². The smallest absolute Gasteiger partial charge is 0.263 e. The molecule has 0 aromatic carbocycles. The molecule has 0 spiro atoms.